The fourth-order valence-electron chi connectivity index (χ4n) is 4.48. The predicted molar refractivity (Wildman–Crippen MR) is 125 cm³/mol. The molecule has 0 aliphatic carbocycles. The van der Waals surface area contributed by atoms with Gasteiger partial charge in [-0.15, -0.1) is 0 Å². The molecule has 2 saturated heterocycles. The topological polar surface area (TPSA) is 95.2 Å². The Hall–Kier alpha value is -3.24. The van der Waals surface area contributed by atoms with E-state index in [0.29, 0.717) is 31.2 Å². The van der Waals surface area contributed by atoms with Crippen molar-refractivity contribution in [3.8, 4) is 12.0 Å². The number of hydrogen-bond donors (Lipinski definition) is 1. The zero-order valence-electron chi connectivity index (χ0n) is 19.2. The highest BCUT2D eigenvalue weighted by Crippen LogP contribution is 2.30. The first-order valence-corrected chi connectivity index (χ1v) is 11.6. The van der Waals surface area contributed by atoms with Gasteiger partial charge >= 0.3 is 0 Å². The fraction of sp³-hybridized carbons (Fsp3) is 0.478. The number of imidazole rings is 2. The maximum absolute atomic E-state index is 6.23. The first-order chi connectivity index (χ1) is 16.1. The number of fused-ring (bicyclic) bond motifs is 2. The van der Waals surface area contributed by atoms with Crippen LogP contribution in [-0.2, 0) is 18.2 Å². The van der Waals surface area contributed by atoms with Gasteiger partial charge in [-0.05, 0) is 19.1 Å². The molecule has 2 unspecified atom stereocenters. The Kier molecular flexibility index (Phi) is 4.92. The molecule has 1 N–H and O–H groups in total. The van der Waals surface area contributed by atoms with Crippen LogP contribution in [0.3, 0.4) is 0 Å². The highest BCUT2D eigenvalue weighted by atomic mass is 16.5. The molecule has 0 amide bonds. The molecule has 4 aromatic rings. The Morgan fingerprint density at radius 3 is 2.67 bits per heavy atom. The van der Waals surface area contributed by atoms with Gasteiger partial charge in [0.15, 0.2) is 17.0 Å². The fourth-order valence-corrected chi connectivity index (χ4v) is 4.48. The van der Waals surface area contributed by atoms with Gasteiger partial charge in [0.1, 0.15) is 11.9 Å². The van der Waals surface area contributed by atoms with Gasteiger partial charge in [-0.1, -0.05) is 19.1 Å². The molecule has 1 aromatic carbocycles. The summed E-state index contributed by atoms with van der Waals surface area (Å²) in [5.74, 6) is 2.34. The summed E-state index contributed by atoms with van der Waals surface area (Å²) in [4.78, 5) is 21.9. The second-order valence-electron chi connectivity index (χ2n) is 8.63. The third-order valence-corrected chi connectivity index (χ3v) is 6.56. The summed E-state index contributed by atoms with van der Waals surface area (Å²) in [6.45, 7) is 7.87. The molecule has 2 aliphatic rings. The lowest BCUT2D eigenvalue weighted by Gasteiger charge is -2.34. The van der Waals surface area contributed by atoms with Crippen molar-refractivity contribution in [1.82, 2.24) is 34.4 Å². The molecule has 6 rings (SSSR count). The average molecular weight is 449 g/mol. The van der Waals surface area contributed by atoms with Crippen molar-refractivity contribution in [2.75, 3.05) is 37.7 Å². The molecule has 33 heavy (non-hydrogen) atoms. The Balaban J connectivity index is 1.55. The van der Waals surface area contributed by atoms with Crippen molar-refractivity contribution in [2.24, 2.45) is 7.05 Å². The van der Waals surface area contributed by atoms with Crippen LogP contribution in [0.2, 0.25) is 0 Å². The van der Waals surface area contributed by atoms with E-state index in [0.717, 1.165) is 59.9 Å². The number of aromatic nitrogens is 6. The third-order valence-electron chi connectivity index (χ3n) is 6.56. The minimum Gasteiger partial charge on any atom is -0.458 e. The van der Waals surface area contributed by atoms with Crippen LogP contribution in [0.1, 0.15) is 19.7 Å². The molecule has 0 saturated carbocycles. The monoisotopic (exact) mass is 448 g/mol. The zero-order valence-corrected chi connectivity index (χ0v) is 19.2. The highest BCUT2D eigenvalue weighted by Gasteiger charge is 2.31. The number of rotatable bonds is 5. The van der Waals surface area contributed by atoms with Gasteiger partial charge in [0.2, 0.25) is 5.95 Å². The highest BCUT2D eigenvalue weighted by molar-refractivity contribution is 5.86. The summed E-state index contributed by atoms with van der Waals surface area (Å²) in [5, 5.41) is 3.33. The van der Waals surface area contributed by atoms with Crippen molar-refractivity contribution < 1.29 is 9.47 Å². The third kappa shape index (κ3) is 3.32. The number of nitrogens with zero attached hydrogens (tertiary/aromatic N) is 7. The van der Waals surface area contributed by atoms with Crippen LogP contribution in [0.25, 0.3) is 28.1 Å². The number of para-hydroxylation sites is 2. The number of benzene rings is 1. The van der Waals surface area contributed by atoms with Crippen molar-refractivity contribution in [3.63, 3.8) is 0 Å². The van der Waals surface area contributed by atoms with Gasteiger partial charge in [-0.2, -0.15) is 15.0 Å². The Labute approximate surface area is 191 Å². The van der Waals surface area contributed by atoms with Crippen LogP contribution in [0.4, 0.5) is 5.82 Å². The molecule has 10 nitrogen and oxygen atoms in total. The van der Waals surface area contributed by atoms with Crippen molar-refractivity contribution in [3.05, 3.63) is 30.1 Å². The molecular formula is C23H28N8O2. The van der Waals surface area contributed by atoms with Crippen LogP contribution in [-0.4, -0.2) is 74.1 Å². The largest absolute Gasteiger partial charge is 0.458 e. The molecule has 5 heterocycles. The number of hydrogen-bond acceptors (Lipinski definition) is 8. The van der Waals surface area contributed by atoms with E-state index in [1.165, 1.54) is 0 Å². The number of ether oxygens (including phenoxy) is 2. The summed E-state index contributed by atoms with van der Waals surface area (Å²) >= 11 is 0. The van der Waals surface area contributed by atoms with Gasteiger partial charge in [0, 0.05) is 39.1 Å². The smallest absolute Gasteiger partial charge is 0.298 e. The van der Waals surface area contributed by atoms with E-state index in [1.54, 1.807) is 0 Å². The molecule has 10 heteroatoms. The predicted octanol–water partition coefficient (Wildman–Crippen LogP) is 1.84. The molecule has 172 valence electrons. The van der Waals surface area contributed by atoms with Crippen molar-refractivity contribution in [2.45, 2.75) is 32.4 Å². The quantitative estimate of drug-likeness (QED) is 0.494. The van der Waals surface area contributed by atoms with Crippen LogP contribution in [0, 0.1) is 0 Å². The maximum atomic E-state index is 6.23. The van der Waals surface area contributed by atoms with E-state index in [9.17, 15) is 0 Å². The number of morpholine rings is 1. The molecule has 0 bridgehead atoms. The van der Waals surface area contributed by atoms with Crippen LogP contribution in [0.5, 0.6) is 6.01 Å². The summed E-state index contributed by atoms with van der Waals surface area (Å²) in [6, 6.07) is 8.97. The van der Waals surface area contributed by atoms with Crippen LogP contribution in [0.15, 0.2) is 24.3 Å². The second-order valence-corrected chi connectivity index (χ2v) is 8.63. The second kappa shape index (κ2) is 7.96. The van der Waals surface area contributed by atoms with E-state index in [1.807, 2.05) is 29.8 Å². The summed E-state index contributed by atoms with van der Waals surface area (Å²) in [7, 11) is 1.95. The van der Waals surface area contributed by atoms with Crippen LogP contribution < -0.4 is 15.0 Å². The Morgan fingerprint density at radius 2 is 1.94 bits per heavy atom. The van der Waals surface area contributed by atoms with Gasteiger partial charge in [0.05, 0.1) is 24.2 Å². The van der Waals surface area contributed by atoms with E-state index in [4.69, 9.17) is 29.4 Å². The number of anilines is 1. The normalized spacial score (nSPS) is 21.0. The number of aryl methyl sites for hydroxylation is 2. The number of nitrogens with one attached hydrogen (secondary N) is 1. The Morgan fingerprint density at radius 1 is 1.12 bits per heavy atom. The minimum atomic E-state index is 0.101. The van der Waals surface area contributed by atoms with Crippen molar-refractivity contribution >= 4 is 28.0 Å². The average Bonchev–Trinajstić information content (AvgIpc) is 3.39. The van der Waals surface area contributed by atoms with Gasteiger partial charge in [-0.25, -0.2) is 4.98 Å². The van der Waals surface area contributed by atoms with Gasteiger partial charge in [0.25, 0.3) is 6.01 Å². The molecular weight excluding hydrogens is 420 g/mol. The molecule has 2 aliphatic heterocycles. The minimum absolute atomic E-state index is 0.101. The Bertz CT molecular complexity index is 1320. The zero-order chi connectivity index (χ0) is 22.5. The van der Waals surface area contributed by atoms with E-state index >= 15 is 0 Å². The molecule has 0 radical (unpaired) electrons. The first-order valence-electron chi connectivity index (χ1n) is 11.6. The summed E-state index contributed by atoms with van der Waals surface area (Å²) in [6.07, 6.45) is 0.874. The van der Waals surface area contributed by atoms with Crippen LogP contribution >= 0.6 is 0 Å². The van der Waals surface area contributed by atoms with E-state index < -0.39 is 0 Å². The lowest BCUT2D eigenvalue weighted by atomic mass is 10.1. The standard InChI is InChI=1S/C23H28N8O2/c1-4-18-25-15-7-5-6-8-16(15)31(18)22-27-20-19(21(28-22)30-9-11-32-12-10-30)26-23(29(20)3)33-17-13-24-14(17)2/h5-8,14,17,24H,4,9-13H2,1-3H3. The van der Waals surface area contributed by atoms with Crippen molar-refractivity contribution in [1.29, 1.82) is 0 Å². The molecule has 0 spiro atoms. The van der Waals surface area contributed by atoms with Gasteiger partial charge < -0.3 is 19.7 Å². The lowest BCUT2D eigenvalue weighted by Crippen LogP contribution is -2.58. The maximum Gasteiger partial charge on any atom is 0.298 e. The SMILES string of the molecule is CCc1nc2ccccc2n1-c1nc(N2CCOCC2)c2nc(OC3CNC3C)n(C)c2n1. The molecule has 2 atom stereocenters. The van der Waals surface area contributed by atoms with E-state index in [-0.39, 0.29) is 6.10 Å². The first kappa shape index (κ1) is 20.4. The summed E-state index contributed by atoms with van der Waals surface area (Å²) in [5.41, 5.74) is 3.43. The van der Waals surface area contributed by atoms with Gasteiger partial charge in [-0.3, -0.25) is 9.13 Å². The molecule has 3 aromatic heterocycles. The van der Waals surface area contributed by atoms with E-state index in [2.05, 4.69) is 34.7 Å². The lowest BCUT2D eigenvalue weighted by molar-refractivity contribution is 0.0813. The molecule has 2 fully saturated rings. The summed E-state index contributed by atoms with van der Waals surface area (Å²) < 4.78 is 15.8.